The van der Waals surface area contributed by atoms with Gasteiger partial charge in [-0.25, -0.2) is 4.68 Å². The van der Waals surface area contributed by atoms with E-state index in [1.807, 2.05) is 30.7 Å². The number of nitrogens with zero attached hydrogens (tertiary/aromatic N) is 3. The summed E-state index contributed by atoms with van der Waals surface area (Å²) in [6, 6.07) is 12.3. The predicted octanol–water partition coefficient (Wildman–Crippen LogP) is 3.51. The predicted molar refractivity (Wildman–Crippen MR) is 83.9 cm³/mol. The summed E-state index contributed by atoms with van der Waals surface area (Å²) in [6.45, 7) is 3.91. The van der Waals surface area contributed by atoms with E-state index >= 15 is 0 Å². The summed E-state index contributed by atoms with van der Waals surface area (Å²) in [4.78, 5) is 0. The standard InChI is InChI=1S/C15H15BrN4/c1-9(17)15-10(2)20(19-18-15)14-6-4-11-7-13(16)5-3-12(11)8-14/h3-9H,17H2,1-2H3. The van der Waals surface area contributed by atoms with Crippen LogP contribution in [0, 0.1) is 6.92 Å². The average molecular weight is 331 g/mol. The lowest BCUT2D eigenvalue weighted by Gasteiger charge is -2.07. The number of rotatable bonds is 2. The molecule has 3 rings (SSSR count). The molecule has 102 valence electrons. The maximum absolute atomic E-state index is 5.89. The molecule has 0 aliphatic carbocycles. The van der Waals surface area contributed by atoms with Crippen LogP contribution in [0.4, 0.5) is 0 Å². The van der Waals surface area contributed by atoms with Gasteiger partial charge in [-0.3, -0.25) is 0 Å². The molecule has 1 atom stereocenters. The Balaban J connectivity index is 2.13. The van der Waals surface area contributed by atoms with Crippen LogP contribution in [0.1, 0.15) is 24.4 Å². The number of halogens is 1. The van der Waals surface area contributed by atoms with E-state index in [9.17, 15) is 0 Å². The van der Waals surface area contributed by atoms with Crippen LogP contribution in [0.25, 0.3) is 16.5 Å². The zero-order valence-corrected chi connectivity index (χ0v) is 12.9. The first-order valence-electron chi connectivity index (χ1n) is 6.44. The largest absolute Gasteiger partial charge is 0.323 e. The van der Waals surface area contributed by atoms with Crippen LogP contribution in [-0.2, 0) is 0 Å². The molecule has 3 aromatic rings. The van der Waals surface area contributed by atoms with E-state index in [0.29, 0.717) is 0 Å². The van der Waals surface area contributed by atoms with Crippen molar-refractivity contribution in [1.29, 1.82) is 0 Å². The SMILES string of the molecule is Cc1c(C(C)N)nnn1-c1ccc2cc(Br)ccc2c1. The molecule has 0 saturated heterocycles. The van der Waals surface area contributed by atoms with Crippen LogP contribution in [0.2, 0.25) is 0 Å². The Morgan fingerprint density at radius 3 is 2.55 bits per heavy atom. The van der Waals surface area contributed by atoms with Gasteiger partial charge in [-0.15, -0.1) is 5.10 Å². The molecule has 0 radical (unpaired) electrons. The van der Waals surface area contributed by atoms with Gasteiger partial charge in [0.25, 0.3) is 0 Å². The van der Waals surface area contributed by atoms with Gasteiger partial charge in [0.2, 0.25) is 0 Å². The molecule has 0 bridgehead atoms. The minimum atomic E-state index is -0.111. The fourth-order valence-electron chi connectivity index (χ4n) is 2.34. The highest BCUT2D eigenvalue weighted by molar-refractivity contribution is 9.10. The molecule has 1 unspecified atom stereocenters. The Kier molecular flexibility index (Phi) is 3.31. The van der Waals surface area contributed by atoms with Gasteiger partial charge in [0.1, 0.15) is 5.69 Å². The van der Waals surface area contributed by atoms with E-state index in [4.69, 9.17) is 5.73 Å². The Morgan fingerprint density at radius 2 is 1.85 bits per heavy atom. The molecular weight excluding hydrogens is 316 g/mol. The van der Waals surface area contributed by atoms with E-state index < -0.39 is 0 Å². The molecule has 4 nitrogen and oxygen atoms in total. The molecular formula is C15H15BrN4. The Morgan fingerprint density at radius 1 is 1.15 bits per heavy atom. The van der Waals surface area contributed by atoms with Gasteiger partial charge in [-0.1, -0.05) is 33.3 Å². The zero-order chi connectivity index (χ0) is 14.3. The normalized spacial score (nSPS) is 12.8. The first-order valence-corrected chi connectivity index (χ1v) is 7.23. The molecule has 1 aromatic heterocycles. The van der Waals surface area contributed by atoms with Crippen molar-refractivity contribution in [1.82, 2.24) is 15.0 Å². The van der Waals surface area contributed by atoms with Crippen LogP contribution in [0.3, 0.4) is 0 Å². The molecule has 0 fully saturated rings. The van der Waals surface area contributed by atoms with E-state index in [1.54, 1.807) is 0 Å². The fraction of sp³-hybridized carbons (Fsp3) is 0.200. The second kappa shape index (κ2) is 5.00. The second-order valence-corrected chi connectivity index (χ2v) is 5.85. The number of aromatic nitrogens is 3. The summed E-state index contributed by atoms with van der Waals surface area (Å²) in [5.41, 5.74) is 8.71. The van der Waals surface area contributed by atoms with Gasteiger partial charge in [0, 0.05) is 10.5 Å². The van der Waals surface area contributed by atoms with Crippen LogP contribution in [0.5, 0.6) is 0 Å². The second-order valence-electron chi connectivity index (χ2n) is 4.94. The van der Waals surface area contributed by atoms with E-state index in [1.165, 1.54) is 10.8 Å². The minimum absolute atomic E-state index is 0.111. The van der Waals surface area contributed by atoms with Gasteiger partial charge < -0.3 is 5.73 Å². The van der Waals surface area contributed by atoms with Crippen molar-refractivity contribution >= 4 is 26.7 Å². The molecule has 0 spiro atoms. The van der Waals surface area contributed by atoms with Crippen molar-refractivity contribution in [3.63, 3.8) is 0 Å². The summed E-state index contributed by atoms with van der Waals surface area (Å²) in [7, 11) is 0. The van der Waals surface area contributed by atoms with Crippen LogP contribution in [0.15, 0.2) is 40.9 Å². The van der Waals surface area contributed by atoms with Crippen LogP contribution < -0.4 is 5.73 Å². The van der Waals surface area contributed by atoms with Gasteiger partial charge >= 0.3 is 0 Å². The summed E-state index contributed by atoms with van der Waals surface area (Å²) >= 11 is 3.49. The van der Waals surface area contributed by atoms with Gasteiger partial charge in [0.15, 0.2) is 0 Å². The topological polar surface area (TPSA) is 56.7 Å². The van der Waals surface area contributed by atoms with Gasteiger partial charge in [0.05, 0.1) is 11.4 Å². The summed E-state index contributed by atoms with van der Waals surface area (Å²) in [6.07, 6.45) is 0. The van der Waals surface area contributed by atoms with E-state index in [-0.39, 0.29) is 6.04 Å². The molecule has 2 aromatic carbocycles. The molecule has 1 heterocycles. The first kappa shape index (κ1) is 13.3. The Hall–Kier alpha value is -1.72. The number of fused-ring (bicyclic) bond motifs is 1. The number of hydrogen-bond acceptors (Lipinski definition) is 3. The third kappa shape index (κ3) is 2.23. The lowest BCUT2D eigenvalue weighted by atomic mass is 10.1. The molecule has 0 aliphatic heterocycles. The van der Waals surface area contributed by atoms with Crippen molar-refractivity contribution in [2.45, 2.75) is 19.9 Å². The third-order valence-corrected chi connectivity index (χ3v) is 3.89. The van der Waals surface area contributed by atoms with Crippen molar-refractivity contribution in [3.8, 4) is 5.69 Å². The van der Waals surface area contributed by atoms with Gasteiger partial charge in [-0.2, -0.15) is 0 Å². The van der Waals surface area contributed by atoms with Crippen molar-refractivity contribution in [2.75, 3.05) is 0 Å². The lowest BCUT2D eigenvalue weighted by molar-refractivity contribution is 0.757. The molecule has 5 heteroatoms. The van der Waals surface area contributed by atoms with Crippen molar-refractivity contribution in [2.24, 2.45) is 5.73 Å². The van der Waals surface area contributed by atoms with Crippen LogP contribution >= 0.6 is 15.9 Å². The smallest absolute Gasteiger partial charge is 0.102 e. The van der Waals surface area contributed by atoms with Gasteiger partial charge in [-0.05, 0) is 48.9 Å². The summed E-state index contributed by atoms with van der Waals surface area (Å²) in [5.74, 6) is 0. The first-order chi connectivity index (χ1) is 9.56. The van der Waals surface area contributed by atoms with E-state index in [2.05, 4.69) is 50.5 Å². The average Bonchev–Trinajstić information content (AvgIpc) is 2.80. The lowest BCUT2D eigenvalue weighted by Crippen LogP contribution is -2.07. The maximum Gasteiger partial charge on any atom is 0.102 e. The monoisotopic (exact) mass is 330 g/mol. The minimum Gasteiger partial charge on any atom is -0.323 e. The van der Waals surface area contributed by atoms with E-state index in [0.717, 1.165) is 21.5 Å². The number of hydrogen-bond donors (Lipinski definition) is 1. The summed E-state index contributed by atoms with van der Waals surface area (Å²) < 4.78 is 2.91. The Bertz CT molecular complexity index is 777. The highest BCUT2D eigenvalue weighted by Gasteiger charge is 2.13. The molecule has 20 heavy (non-hydrogen) atoms. The van der Waals surface area contributed by atoms with Crippen molar-refractivity contribution < 1.29 is 0 Å². The highest BCUT2D eigenvalue weighted by atomic mass is 79.9. The summed E-state index contributed by atoms with van der Waals surface area (Å²) in [5, 5.41) is 10.7. The number of benzene rings is 2. The molecule has 0 amide bonds. The quantitative estimate of drug-likeness (QED) is 0.782. The third-order valence-electron chi connectivity index (χ3n) is 3.39. The fourth-order valence-corrected chi connectivity index (χ4v) is 2.72. The van der Waals surface area contributed by atoms with Crippen LogP contribution in [-0.4, -0.2) is 15.0 Å². The molecule has 0 saturated carbocycles. The molecule has 0 aliphatic rings. The van der Waals surface area contributed by atoms with Crippen molar-refractivity contribution in [3.05, 3.63) is 52.3 Å². The maximum atomic E-state index is 5.89. The molecule has 2 N–H and O–H groups in total. The highest BCUT2D eigenvalue weighted by Crippen LogP contribution is 2.23. The zero-order valence-electron chi connectivity index (χ0n) is 11.3. The number of nitrogens with two attached hydrogens (primary N) is 1. The Labute approximate surface area is 125 Å².